The van der Waals surface area contributed by atoms with Gasteiger partial charge in [0, 0.05) is 49.7 Å². The number of ether oxygens (including phenoxy) is 2. The Hall–Kier alpha value is -4.94. The lowest BCUT2D eigenvalue weighted by Gasteiger charge is -2.37. The fourth-order valence-corrected chi connectivity index (χ4v) is 6.28. The van der Waals surface area contributed by atoms with Gasteiger partial charge in [0.1, 0.15) is 31.3 Å². The fourth-order valence-electron chi connectivity index (χ4n) is 6.28. The SMILES string of the molecule is CCC(C)n1ncn(-c2ccc(N3CCN(c4ccc(OC[C@@H]5CN[C@@](Cn6nccn6)(c6ccccc6)O5)cc4)CC3)cc2)c1=O. The molecule has 5 aromatic rings. The van der Waals surface area contributed by atoms with Crippen LogP contribution in [0.25, 0.3) is 5.69 Å². The highest BCUT2D eigenvalue weighted by Crippen LogP contribution is 2.31. The summed E-state index contributed by atoms with van der Waals surface area (Å²) in [4.78, 5) is 19.2. The monoisotopic (exact) mass is 635 g/mol. The van der Waals surface area contributed by atoms with E-state index >= 15 is 0 Å². The molecule has 3 aromatic carbocycles. The summed E-state index contributed by atoms with van der Waals surface area (Å²) >= 11 is 0. The quantitative estimate of drug-likeness (QED) is 0.232. The zero-order chi connectivity index (χ0) is 32.2. The fraction of sp³-hybridized carbons (Fsp3) is 0.371. The molecular formula is C35H41N9O3. The molecular weight excluding hydrogens is 594 g/mol. The normalized spacial score (nSPS) is 20.4. The van der Waals surface area contributed by atoms with Crippen molar-refractivity contribution in [3.8, 4) is 11.4 Å². The minimum atomic E-state index is -0.723. The molecule has 2 fully saturated rings. The van der Waals surface area contributed by atoms with Crippen LogP contribution in [0, 0.1) is 0 Å². The van der Waals surface area contributed by atoms with Crippen molar-refractivity contribution in [3.05, 3.63) is 114 Å². The summed E-state index contributed by atoms with van der Waals surface area (Å²) in [6.45, 7) is 9.25. The standard InChI is InChI=1S/C35H41N9O3/c1-3-27(2)44-34(45)42(26-39-44)31-11-9-29(10-12-31)40-19-21-41(22-20-40)30-13-15-32(16-14-30)46-24-33-23-36-35(47-33,25-43-37-17-18-38-43)28-7-5-4-6-8-28/h4-18,26-27,33,36H,3,19-25H2,1-2H3/t27?,33-,35+/m0/s1. The summed E-state index contributed by atoms with van der Waals surface area (Å²) in [5.74, 6) is 0.816. The molecule has 0 spiro atoms. The Morgan fingerprint density at radius 2 is 1.49 bits per heavy atom. The van der Waals surface area contributed by atoms with Crippen molar-refractivity contribution < 1.29 is 9.47 Å². The maximum absolute atomic E-state index is 12.8. The Labute approximate surface area is 274 Å². The van der Waals surface area contributed by atoms with E-state index in [9.17, 15) is 4.79 Å². The van der Waals surface area contributed by atoms with Gasteiger partial charge in [0.25, 0.3) is 0 Å². The second-order valence-electron chi connectivity index (χ2n) is 12.2. The van der Waals surface area contributed by atoms with Crippen LogP contribution in [-0.4, -0.2) is 74.8 Å². The molecule has 2 aliphatic heterocycles. The Balaban J connectivity index is 0.913. The van der Waals surface area contributed by atoms with Crippen LogP contribution >= 0.6 is 0 Å². The Morgan fingerprint density at radius 1 is 0.872 bits per heavy atom. The van der Waals surface area contributed by atoms with Crippen molar-refractivity contribution in [2.45, 2.75) is 44.7 Å². The molecule has 12 nitrogen and oxygen atoms in total. The first kappa shape index (κ1) is 30.7. The van der Waals surface area contributed by atoms with E-state index in [4.69, 9.17) is 9.47 Å². The van der Waals surface area contributed by atoms with Gasteiger partial charge in [0.15, 0.2) is 5.72 Å². The first-order chi connectivity index (χ1) is 23.0. The number of piperazine rings is 1. The van der Waals surface area contributed by atoms with Crippen LogP contribution < -0.4 is 25.5 Å². The number of benzene rings is 3. The number of hydrogen-bond donors (Lipinski definition) is 1. The molecule has 2 saturated heterocycles. The molecule has 0 radical (unpaired) electrons. The molecule has 1 N–H and O–H groups in total. The average molecular weight is 636 g/mol. The second kappa shape index (κ2) is 13.4. The predicted molar refractivity (Wildman–Crippen MR) is 180 cm³/mol. The van der Waals surface area contributed by atoms with Crippen molar-refractivity contribution in [1.29, 1.82) is 0 Å². The molecule has 3 atom stereocenters. The van der Waals surface area contributed by atoms with Crippen LogP contribution in [0.1, 0.15) is 31.9 Å². The van der Waals surface area contributed by atoms with Gasteiger partial charge in [-0.15, -0.1) is 0 Å². The number of aromatic nitrogens is 6. The topological polar surface area (TPSA) is 108 Å². The van der Waals surface area contributed by atoms with Crippen molar-refractivity contribution in [3.63, 3.8) is 0 Å². The van der Waals surface area contributed by atoms with E-state index in [0.717, 1.165) is 55.3 Å². The molecule has 2 aliphatic rings. The van der Waals surface area contributed by atoms with Crippen LogP contribution in [0.15, 0.2) is 102 Å². The maximum atomic E-state index is 12.8. The van der Waals surface area contributed by atoms with E-state index in [1.807, 2.05) is 49.4 Å². The highest BCUT2D eigenvalue weighted by Gasteiger charge is 2.42. The smallest absolute Gasteiger partial charge is 0.350 e. The second-order valence-corrected chi connectivity index (χ2v) is 12.2. The average Bonchev–Trinajstić information content (AvgIpc) is 3.89. The zero-order valence-electron chi connectivity index (χ0n) is 26.9. The van der Waals surface area contributed by atoms with Crippen molar-refractivity contribution in [1.82, 2.24) is 34.7 Å². The van der Waals surface area contributed by atoms with Gasteiger partial charge in [-0.2, -0.15) is 20.1 Å². The van der Waals surface area contributed by atoms with Gasteiger partial charge in [0.2, 0.25) is 0 Å². The van der Waals surface area contributed by atoms with Gasteiger partial charge in [-0.05, 0) is 61.9 Å². The number of hydrogen-bond acceptors (Lipinski definition) is 9. The first-order valence-electron chi connectivity index (χ1n) is 16.3. The van der Waals surface area contributed by atoms with E-state index in [1.165, 1.54) is 5.69 Å². The molecule has 1 unspecified atom stereocenters. The zero-order valence-corrected chi connectivity index (χ0v) is 26.9. The largest absolute Gasteiger partial charge is 0.491 e. The van der Waals surface area contributed by atoms with E-state index in [2.05, 4.69) is 73.7 Å². The maximum Gasteiger partial charge on any atom is 0.350 e. The van der Waals surface area contributed by atoms with E-state index in [-0.39, 0.29) is 17.8 Å². The minimum Gasteiger partial charge on any atom is -0.491 e. The van der Waals surface area contributed by atoms with Gasteiger partial charge in [0.05, 0.1) is 24.1 Å². The lowest BCUT2D eigenvalue weighted by molar-refractivity contribution is -0.0819. The molecule has 0 bridgehead atoms. The van der Waals surface area contributed by atoms with Gasteiger partial charge in [-0.25, -0.2) is 14.0 Å². The molecule has 0 amide bonds. The highest BCUT2D eigenvalue weighted by atomic mass is 16.6. The summed E-state index contributed by atoms with van der Waals surface area (Å²) in [7, 11) is 0. The molecule has 2 aromatic heterocycles. The van der Waals surface area contributed by atoms with Gasteiger partial charge >= 0.3 is 5.69 Å². The Bertz CT molecular complexity index is 1780. The molecule has 4 heterocycles. The van der Waals surface area contributed by atoms with Crippen molar-refractivity contribution in [2.75, 3.05) is 49.1 Å². The van der Waals surface area contributed by atoms with Crippen LogP contribution in [0.4, 0.5) is 11.4 Å². The third-order valence-corrected chi connectivity index (χ3v) is 9.17. The van der Waals surface area contributed by atoms with Gasteiger partial charge in [-0.3, -0.25) is 5.32 Å². The minimum absolute atomic E-state index is 0.0744. The predicted octanol–water partition coefficient (Wildman–Crippen LogP) is 3.84. The number of nitrogens with one attached hydrogen (secondary N) is 1. The summed E-state index contributed by atoms with van der Waals surface area (Å²) in [5, 5.41) is 16.5. The molecule has 7 rings (SSSR count). The first-order valence-corrected chi connectivity index (χ1v) is 16.3. The van der Waals surface area contributed by atoms with Crippen LogP contribution in [-0.2, 0) is 17.0 Å². The lowest BCUT2D eigenvalue weighted by Crippen LogP contribution is -2.46. The van der Waals surface area contributed by atoms with Gasteiger partial charge < -0.3 is 19.3 Å². The summed E-state index contributed by atoms with van der Waals surface area (Å²) in [6.07, 6.45) is 5.69. The molecule has 0 aliphatic carbocycles. The lowest BCUT2D eigenvalue weighted by atomic mass is 10.0. The van der Waals surface area contributed by atoms with Crippen LogP contribution in [0.5, 0.6) is 5.75 Å². The van der Waals surface area contributed by atoms with E-state index in [0.29, 0.717) is 19.7 Å². The van der Waals surface area contributed by atoms with Crippen LogP contribution in [0.2, 0.25) is 0 Å². The summed E-state index contributed by atoms with van der Waals surface area (Å²) < 4.78 is 15.9. The Kier molecular flexibility index (Phi) is 8.77. The number of rotatable bonds is 11. The van der Waals surface area contributed by atoms with E-state index in [1.54, 1.807) is 32.8 Å². The molecule has 47 heavy (non-hydrogen) atoms. The van der Waals surface area contributed by atoms with E-state index < -0.39 is 5.72 Å². The van der Waals surface area contributed by atoms with Crippen molar-refractivity contribution >= 4 is 11.4 Å². The van der Waals surface area contributed by atoms with Gasteiger partial charge in [-0.1, -0.05) is 37.3 Å². The molecule has 0 saturated carbocycles. The molecule has 244 valence electrons. The Morgan fingerprint density at radius 3 is 2.13 bits per heavy atom. The number of nitrogens with zero attached hydrogens (tertiary/aromatic N) is 8. The number of anilines is 2. The third kappa shape index (κ3) is 6.51. The summed E-state index contributed by atoms with van der Waals surface area (Å²) in [5.41, 5.74) is 3.36. The summed E-state index contributed by atoms with van der Waals surface area (Å²) in [6, 6.07) is 26.7. The highest BCUT2D eigenvalue weighted by molar-refractivity contribution is 5.54. The van der Waals surface area contributed by atoms with Crippen LogP contribution in [0.3, 0.4) is 0 Å². The van der Waals surface area contributed by atoms with Crippen molar-refractivity contribution in [2.24, 2.45) is 0 Å². The molecule has 12 heteroatoms. The third-order valence-electron chi connectivity index (χ3n) is 9.17.